The first kappa shape index (κ1) is 14.8. The topological polar surface area (TPSA) is 133 Å². The Balaban J connectivity index is 2.39. The molecule has 1 aromatic carbocycles. The quantitative estimate of drug-likeness (QED) is 0.418. The van der Waals surface area contributed by atoms with Crippen LogP contribution in [0.1, 0.15) is 11.7 Å². The summed E-state index contributed by atoms with van der Waals surface area (Å²) in [4.78, 5) is 10.3. The van der Waals surface area contributed by atoms with Crippen LogP contribution < -0.4 is 0 Å². The largest absolute Gasteiger partial charge is 0.394 e. The van der Waals surface area contributed by atoms with Gasteiger partial charge in [-0.2, -0.15) is 0 Å². The van der Waals surface area contributed by atoms with E-state index in [1.54, 1.807) is 0 Å². The number of para-hydroxylation sites is 1. The van der Waals surface area contributed by atoms with E-state index in [0.29, 0.717) is 0 Å². The first-order valence-electron chi connectivity index (χ1n) is 6.01. The normalized spacial score (nSPS) is 33.9. The highest BCUT2D eigenvalue weighted by Gasteiger charge is 2.45. The first-order chi connectivity index (χ1) is 9.47. The fraction of sp³-hybridized carbons (Fsp3) is 0.500. The summed E-state index contributed by atoms with van der Waals surface area (Å²) in [6, 6.07) is 5.64. The molecule has 0 spiro atoms. The maximum absolute atomic E-state index is 11.0. The Kier molecular flexibility index (Phi) is 4.31. The summed E-state index contributed by atoms with van der Waals surface area (Å²) in [7, 11) is 0. The van der Waals surface area contributed by atoms with Gasteiger partial charge in [0.05, 0.1) is 17.1 Å². The van der Waals surface area contributed by atoms with E-state index in [0.717, 1.165) is 0 Å². The van der Waals surface area contributed by atoms with Gasteiger partial charge in [-0.05, 0) is 6.07 Å². The average Bonchev–Trinajstić information content (AvgIpc) is 2.45. The molecule has 2 rings (SSSR count). The maximum Gasteiger partial charge on any atom is 0.275 e. The van der Waals surface area contributed by atoms with Crippen LogP contribution >= 0.6 is 0 Å². The van der Waals surface area contributed by atoms with Crippen LogP contribution in [0.15, 0.2) is 24.3 Å². The van der Waals surface area contributed by atoms with Gasteiger partial charge in [-0.15, -0.1) is 0 Å². The minimum absolute atomic E-state index is 0.0781. The zero-order chi connectivity index (χ0) is 14.9. The van der Waals surface area contributed by atoms with E-state index in [9.17, 15) is 25.4 Å². The molecular formula is C12H15NO7. The third kappa shape index (κ3) is 2.51. The van der Waals surface area contributed by atoms with Gasteiger partial charge in [0.2, 0.25) is 0 Å². The van der Waals surface area contributed by atoms with E-state index in [-0.39, 0.29) is 11.3 Å². The number of hydrogen-bond acceptors (Lipinski definition) is 7. The van der Waals surface area contributed by atoms with Crippen molar-refractivity contribution in [1.29, 1.82) is 0 Å². The molecule has 0 bridgehead atoms. The summed E-state index contributed by atoms with van der Waals surface area (Å²) in [5.74, 6) is 0. The van der Waals surface area contributed by atoms with Gasteiger partial charge in [0, 0.05) is 6.07 Å². The van der Waals surface area contributed by atoms with E-state index in [2.05, 4.69) is 0 Å². The SMILES string of the molecule is O=[N+]([O-])c1ccccc1[C@H]1O[C@H](CO)[C@H](O)[C@H](O)[C@H]1O. The Bertz CT molecular complexity index is 492. The molecule has 8 nitrogen and oxygen atoms in total. The summed E-state index contributed by atoms with van der Waals surface area (Å²) in [6.07, 6.45) is -6.89. The van der Waals surface area contributed by atoms with Gasteiger partial charge >= 0.3 is 0 Å². The Hall–Kier alpha value is -1.58. The zero-order valence-electron chi connectivity index (χ0n) is 10.4. The molecule has 20 heavy (non-hydrogen) atoms. The van der Waals surface area contributed by atoms with Crippen molar-refractivity contribution in [1.82, 2.24) is 0 Å². The second-order valence-corrected chi connectivity index (χ2v) is 4.57. The number of nitro benzene ring substituents is 1. The van der Waals surface area contributed by atoms with E-state index in [4.69, 9.17) is 9.84 Å². The van der Waals surface area contributed by atoms with Crippen molar-refractivity contribution in [2.24, 2.45) is 0 Å². The molecule has 0 aliphatic carbocycles. The second kappa shape index (κ2) is 5.81. The molecule has 0 radical (unpaired) electrons. The summed E-state index contributed by atoms with van der Waals surface area (Å²) >= 11 is 0. The van der Waals surface area contributed by atoms with Crippen LogP contribution in [0.4, 0.5) is 5.69 Å². The molecule has 1 aromatic rings. The molecule has 0 unspecified atom stereocenters. The number of hydrogen-bond donors (Lipinski definition) is 4. The van der Waals surface area contributed by atoms with Crippen molar-refractivity contribution in [3.05, 3.63) is 39.9 Å². The zero-order valence-corrected chi connectivity index (χ0v) is 10.4. The number of aliphatic hydroxyl groups is 4. The molecule has 0 saturated carbocycles. The summed E-state index contributed by atoms with van der Waals surface area (Å²) in [5.41, 5.74) is -0.189. The third-order valence-corrected chi connectivity index (χ3v) is 3.33. The van der Waals surface area contributed by atoms with E-state index < -0.39 is 42.1 Å². The molecular weight excluding hydrogens is 270 g/mol. The van der Waals surface area contributed by atoms with Gasteiger partial charge in [0.25, 0.3) is 5.69 Å². The van der Waals surface area contributed by atoms with Crippen LogP contribution in [0.25, 0.3) is 0 Å². The molecule has 4 N–H and O–H groups in total. The van der Waals surface area contributed by atoms with Crippen molar-refractivity contribution >= 4 is 5.69 Å². The Morgan fingerprint density at radius 3 is 2.40 bits per heavy atom. The van der Waals surface area contributed by atoms with Crippen LogP contribution in [0.2, 0.25) is 0 Å². The lowest BCUT2D eigenvalue weighted by Gasteiger charge is -2.39. The number of benzene rings is 1. The van der Waals surface area contributed by atoms with E-state index in [1.807, 2.05) is 0 Å². The van der Waals surface area contributed by atoms with Crippen LogP contribution in [-0.2, 0) is 4.74 Å². The van der Waals surface area contributed by atoms with Gasteiger partial charge in [-0.25, -0.2) is 0 Å². The van der Waals surface area contributed by atoms with Crippen LogP contribution in [0, 0.1) is 10.1 Å². The highest BCUT2D eigenvalue weighted by molar-refractivity contribution is 5.42. The Morgan fingerprint density at radius 1 is 1.15 bits per heavy atom. The molecule has 5 atom stereocenters. The number of nitrogens with zero attached hydrogens (tertiary/aromatic N) is 1. The molecule has 0 aromatic heterocycles. The Labute approximate surface area is 114 Å². The van der Waals surface area contributed by atoms with Crippen LogP contribution in [0.3, 0.4) is 0 Å². The standard InChI is InChI=1S/C12H15NO7/c14-5-8-9(15)10(16)11(17)12(20-8)6-3-1-2-4-7(6)13(18)19/h1-4,8-12,14-17H,5H2/t8-,9+,10+,11-,12-/m1/s1. The lowest BCUT2D eigenvalue weighted by Crippen LogP contribution is -2.55. The number of nitro groups is 1. The van der Waals surface area contributed by atoms with Crippen molar-refractivity contribution in [3.8, 4) is 0 Å². The van der Waals surface area contributed by atoms with Crippen molar-refractivity contribution < 1.29 is 30.1 Å². The first-order valence-corrected chi connectivity index (χ1v) is 6.01. The number of ether oxygens (including phenoxy) is 1. The predicted molar refractivity (Wildman–Crippen MR) is 65.8 cm³/mol. The van der Waals surface area contributed by atoms with Crippen molar-refractivity contribution in [2.75, 3.05) is 6.61 Å². The van der Waals surface area contributed by atoms with Gasteiger partial charge in [0.1, 0.15) is 30.5 Å². The molecule has 0 amide bonds. The smallest absolute Gasteiger partial charge is 0.275 e. The molecule has 1 heterocycles. The van der Waals surface area contributed by atoms with Crippen molar-refractivity contribution in [3.63, 3.8) is 0 Å². The summed E-state index contributed by atoms with van der Waals surface area (Å²) in [5, 5.41) is 49.4. The summed E-state index contributed by atoms with van der Waals surface area (Å²) < 4.78 is 5.29. The minimum atomic E-state index is -1.56. The predicted octanol–water partition coefficient (Wildman–Crippen LogP) is -0.890. The Morgan fingerprint density at radius 2 is 1.80 bits per heavy atom. The van der Waals surface area contributed by atoms with E-state index >= 15 is 0 Å². The molecule has 110 valence electrons. The third-order valence-electron chi connectivity index (χ3n) is 3.33. The fourth-order valence-corrected chi connectivity index (χ4v) is 2.25. The minimum Gasteiger partial charge on any atom is -0.394 e. The highest BCUT2D eigenvalue weighted by atomic mass is 16.6. The monoisotopic (exact) mass is 285 g/mol. The fourth-order valence-electron chi connectivity index (χ4n) is 2.25. The van der Waals surface area contributed by atoms with Crippen molar-refractivity contribution in [2.45, 2.75) is 30.5 Å². The van der Waals surface area contributed by atoms with Gasteiger partial charge < -0.3 is 25.2 Å². The van der Waals surface area contributed by atoms with Gasteiger partial charge in [-0.1, -0.05) is 12.1 Å². The second-order valence-electron chi connectivity index (χ2n) is 4.57. The number of rotatable bonds is 3. The molecule has 8 heteroatoms. The van der Waals surface area contributed by atoms with Crippen LogP contribution in [0.5, 0.6) is 0 Å². The van der Waals surface area contributed by atoms with Gasteiger partial charge in [0.15, 0.2) is 0 Å². The maximum atomic E-state index is 11.0. The summed E-state index contributed by atoms with van der Waals surface area (Å²) in [6.45, 7) is -0.581. The highest BCUT2D eigenvalue weighted by Crippen LogP contribution is 2.36. The molecule has 1 saturated heterocycles. The van der Waals surface area contributed by atoms with Gasteiger partial charge in [-0.3, -0.25) is 10.1 Å². The lowest BCUT2D eigenvalue weighted by atomic mass is 9.90. The average molecular weight is 285 g/mol. The van der Waals surface area contributed by atoms with E-state index in [1.165, 1.54) is 24.3 Å². The molecule has 1 aliphatic heterocycles. The lowest BCUT2D eigenvalue weighted by molar-refractivity contribution is -0.387. The molecule has 1 fully saturated rings. The molecule has 1 aliphatic rings. The van der Waals surface area contributed by atoms with Crippen LogP contribution in [-0.4, -0.2) is 56.4 Å². The number of aliphatic hydroxyl groups excluding tert-OH is 4.